The van der Waals surface area contributed by atoms with Crippen LogP contribution in [0.25, 0.3) is 5.78 Å². The van der Waals surface area contributed by atoms with Gasteiger partial charge in [-0.25, -0.2) is 4.98 Å². The number of aryl methyl sites for hydroxylation is 1. The zero-order valence-corrected chi connectivity index (χ0v) is 16.4. The summed E-state index contributed by atoms with van der Waals surface area (Å²) < 4.78 is 38.5. The minimum absolute atomic E-state index is 0.122. The second kappa shape index (κ2) is 9.07. The Morgan fingerprint density at radius 1 is 1.15 bits per heavy atom. The molecule has 0 bridgehead atoms. The smallest absolute Gasteiger partial charge is 0.366 e. The van der Waals surface area contributed by atoms with Gasteiger partial charge in [-0.3, -0.25) is 0 Å². The summed E-state index contributed by atoms with van der Waals surface area (Å²) in [5, 5.41) is 7.27. The molecule has 1 N–H and O–H groups in total. The number of rotatable bonds is 4. The molecule has 146 valence electrons. The van der Waals surface area contributed by atoms with Crippen molar-refractivity contribution >= 4 is 23.4 Å². The first-order chi connectivity index (χ1) is 12.6. The molecule has 2 heterocycles. The van der Waals surface area contributed by atoms with Gasteiger partial charge in [-0.1, -0.05) is 32.9 Å². The van der Waals surface area contributed by atoms with E-state index in [4.69, 9.17) is 0 Å². The number of benzene rings is 1. The number of hydrogen-bond acceptors (Lipinski definition) is 5. The van der Waals surface area contributed by atoms with E-state index < -0.39 is 5.51 Å². The Kier molecular flexibility index (Phi) is 7.06. The lowest BCUT2D eigenvalue weighted by molar-refractivity contribution is -0.0328. The van der Waals surface area contributed by atoms with Crippen LogP contribution >= 0.6 is 11.8 Å². The lowest BCUT2D eigenvalue weighted by atomic mass is 10.2. The highest BCUT2D eigenvalue weighted by atomic mass is 32.2. The van der Waals surface area contributed by atoms with Gasteiger partial charge in [0.15, 0.2) is 0 Å². The van der Waals surface area contributed by atoms with Crippen molar-refractivity contribution in [2.24, 2.45) is 5.92 Å². The molecule has 3 aromatic rings. The summed E-state index contributed by atoms with van der Waals surface area (Å²) >= 11 is -0.122. The summed E-state index contributed by atoms with van der Waals surface area (Å²) in [5.74, 6) is 2.04. The van der Waals surface area contributed by atoms with Crippen molar-refractivity contribution < 1.29 is 13.2 Å². The molecular weight excluding hydrogens is 375 g/mol. The standard InChI is InChI=1S/C14H12F3N5S.C4H10/c1-9-6-12(22-13(21-9)19-8-20-22)18-7-10-2-4-11(5-3-10)23-14(15,16)17;1-4(2)3/h2-6,8,18H,7H2,1H3;4H,1-3H3. The Balaban J connectivity index is 0.000000596. The summed E-state index contributed by atoms with van der Waals surface area (Å²) in [6, 6.07) is 8.06. The molecule has 0 aliphatic heterocycles. The van der Waals surface area contributed by atoms with Crippen LogP contribution in [0.3, 0.4) is 0 Å². The third kappa shape index (κ3) is 7.09. The fourth-order valence-electron chi connectivity index (χ4n) is 2.06. The summed E-state index contributed by atoms with van der Waals surface area (Å²) in [6.45, 7) is 8.80. The molecule has 0 unspecified atom stereocenters. The van der Waals surface area contributed by atoms with Crippen molar-refractivity contribution in [3.8, 4) is 0 Å². The molecule has 0 spiro atoms. The maximum absolute atomic E-state index is 12.3. The average molecular weight is 397 g/mol. The normalized spacial score (nSPS) is 11.4. The minimum Gasteiger partial charge on any atom is -0.366 e. The van der Waals surface area contributed by atoms with E-state index >= 15 is 0 Å². The molecular formula is C18H22F3N5S. The second-order valence-corrected chi connectivity index (χ2v) is 7.67. The summed E-state index contributed by atoms with van der Waals surface area (Å²) in [7, 11) is 0. The number of alkyl halides is 3. The molecule has 0 radical (unpaired) electrons. The fourth-order valence-corrected chi connectivity index (χ4v) is 2.60. The number of thioether (sulfide) groups is 1. The Bertz CT molecular complexity index is 857. The summed E-state index contributed by atoms with van der Waals surface area (Å²) in [5.41, 5.74) is -2.61. The van der Waals surface area contributed by atoms with Gasteiger partial charge in [0, 0.05) is 23.2 Å². The molecule has 9 heteroatoms. The van der Waals surface area contributed by atoms with Gasteiger partial charge in [0.25, 0.3) is 5.78 Å². The number of hydrogen-bond donors (Lipinski definition) is 1. The molecule has 0 amide bonds. The van der Waals surface area contributed by atoms with E-state index in [1.807, 2.05) is 13.0 Å². The second-order valence-electron chi connectivity index (χ2n) is 6.53. The van der Waals surface area contributed by atoms with Gasteiger partial charge >= 0.3 is 5.51 Å². The zero-order chi connectivity index (χ0) is 20.0. The molecule has 5 nitrogen and oxygen atoms in total. The lowest BCUT2D eigenvalue weighted by Gasteiger charge is -2.10. The van der Waals surface area contributed by atoms with Gasteiger partial charge in [-0.15, -0.1) is 0 Å². The predicted molar refractivity (Wildman–Crippen MR) is 102 cm³/mol. The third-order valence-electron chi connectivity index (χ3n) is 3.01. The lowest BCUT2D eigenvalue weighted by Crippen LogP contribution is -2.07. The average Bonchev–Trinajstić information content (AvgIpc) is 3.00. The van der Waals surface area contributed by atoms with Crippen LogP contribution in [0.1, 0.15) is 32.0 Å². The van der Waals surface area contributed by atoms with Gasteiger partial charge in [-0.05, 0) is 42.3 Å². The monoisotopic (exact) mass is 397 g/mol. The number of halogens is 3. The first-order valence-corrected chi connectivity index (χ1v) is 9.21. The summed E-state index contributed by atoms with van der Waals surface area (Å²) in [4.78, 5) is 8.44. The van der Waals surface area contributed by atoms with Gasteiger partial charge in [0.1, 0.15) is 12.1 Å². The predicted octanol–water partition coefficient (Wildman–Crippen LogP) is 5.32. The van der Waals surface area contributed by atoms with Crippen LogP contribution in [0.15, 0.2) is 41.6 Å². The van der Waals surface area contributed by atoms with E-state index in [2.05, 4.69) is 41.2 Å². The van der Waals surface area contributed by atoms with Crippen molar-refractivity contribution in [1.29, 1.82) is 0 Å². The van der Waals surface area contributed by atoms with E-state index in [1.165, 1.54) is 18.5 Å². The number of nitrogens with zero attached hydrogens (tertiary/aromatic N) is 4. The van der Waals surface area contributed by atoms with Crippen LogP contribution < -0.4 is 5.32 Å². The largest absolute Gasteiger partial charge is 0.446 e. The van der Waals surface area contributed by atoms with Gasteiger partial charge < -0.3 is 5.32 Å². The molecule has 0 atom stereocenters. The third-order valence-corrected chi connectivity index (χ3v) is 3.75. The molecule has 0 saturated carbocycles. The van der Waals surface area contributed by atoms with Crippen LogP contribution in [0, 0.1) is 12.8 Å². The first-order valence-electron chi connectivity index (χ1n) is 8.40. The van der Waals surface area contributed by atoms with Gasteiger partial charge in [0.2, 0.25) is 0 Å². The van der Waals surface area contributed by atoms with Crippen molar-refractivity contribution in [2.45, 2.75) is 44.6 Å². The Morgan fingerprint density at radius 2 is 1.78 bits per heavy atom. The van der Waals surface area contributed by atoms with Crippen LogP contribution in [0.4, 0.5) is 19.0 Å². The van der Waals surface area contributed by atoms with E-state index in [0.717, 1.165) is 23.0 Å². The van der Waals surface area contributed by atoms with E-state index in [-0.39, 0.29) is 16.7 Å². The number of fused-ring (bicyclic) bond motifs is 1. The van der Waals surface area contributed by atoms with Crippen LogP contribution in [0.2, 0.25) is 0 Å². The van der Waals surface area contributed by atoms with E-state index in [1.54, 1.807) is 16.6 Å². The Morgan fingerprint density at radius 3 is 2.37 bits per heavy atom. The maximum Gasteiger partial charge on any atom is 0.446 e. The highest BCUT2D eigenvalue weighted by Crippen LogP contribution is 2.36. The molecule has 27 heavy (non-hydrogen) atoms. The molecule has 1 aromatic carbocycles. The maximum atomic E-state index is 12.3. The topological polar surface area (TPSA) is 55.1 Å². The number of nitrogens with one attached hydrogen (secondary N) is 1. The molecule has 3 rings (SSSR count). The van der Waals surface area contributed by atoms with Crippen LogP contribution in [0.5, 0.6) is 0 Å². The van der Waals surface area contributed by atoms with Crippen molar-refractivity contribution in [3.05, 3.63) is 47.9 Å². The number of aromatic nitrogens is 4. The van der Waals surface area contributed by atoms with E-state index in [0.29, 0.717) is 12.3 Å². The number of anilines is 1. The van der Waals surface area contributed by atoms with Crippen molar-refractivity contribution in [2.75, 3.05) is 5.32 Å². The summed E-state index contributed by atoms with van der Waals surface area (Å²) in [6.07, 6.45) is 1.41. The van der Waals surface area contributed by atoms with Crippen molar-refractivity contribution in [1.82, 2.24) is 19.6 Å². The quantitative estimate of drug-likeness (QED) is 0.604. The van der Waals surface area contributed by atoms with Gasteiger partial charge in [0.05, 0.1) is 0 Å². The SMILES string of the molecule is CC(C)C.Cc1cc(NCc2ccc(SC(F)(F)F)cc2)n2ncnc2n1. The Labute approximate surface area is 160 Å². The van der Waals surface area contributed by atoms with E-state index in [9.17, 15) is 13.2 Å². The molecule has 2 aromatic heterocycles. The molecule has 0 fully saturated rings. The molecule has 0 aliphatic carbocycles. The Hall–Kier alpha value is -2.29. The highest BCUT2D eigenvalue weighted by molar-refractivity contribution is 8.00. The molecule has 0 saturated heterocycles. The highest BCUT2D eigenvalue weighted by Gasteiger charge is 2.28. The van der Waals surface area contributed by atoms with Crippen LogP contribution in [-0.2, 0) is 6.54 Å². The first kappa shape index (κ1) is 21.0. The molecule has 0 aliphatic rings. The minimum atomic E-state index is -4.27. The van der Waals surface area contributed by atoms with Crippen molar-refractivity contribution in [3.63, 3.8) is 0 Å². The zero-order valence-electron chi connectivity index (χ0n) is 15.6. The van der Waals surface area contributed by atoms with Crippen LogP contribution in [-0.4, -0.2) is 25.1 Å². The fraction of sp³-hybridized carbons (Fsp3) is 0.389. The van der Waals surface area contributed by atoms with Gasteiger partial charge in [-0.2, -0.15) is 27.8 Å².